The van der Waals surface area contributed by atoms with Gasteiger partial charge in [-0.2, -0.15) is 20.0 Å². The van der Waals surface area contributed by atoms with E-state index in [2.05, 4.69) is 27.0 Å². The van der Waals surface area contributed by atoms with Gasteiger partial charge in [0.1, 0.15) is 5.52 Å². The standard InChI is InChI=1S/C22H21ClN6O2/c1-15-8-11-27(22-26-18-14-16(23)6-7-20(18)31-22)12-13-28(15)21(30)17-4-2-3-5-19(17)29-24-9-10-25-29/h2-7,9-10,14-15H,8,11-13H2,1H3/t15-/m1/s1. The van der Waals surface area contributed by atoms with Gasteiger partial charge in [-0.05, 0) is 43.7 Å². The first-order valence-electron chi connectivity index (χ1n) is 10.2. The number of benzene rings is 2. The summed E-state index contributed by atoms with van der Waals surface area (Å²) < 4.78 is 5.93. The van der Waals surface area contributed by atoms with Crippen molar-refractivity contribution in [3.8, 4) is 5.69 Å². The molecule has 0 spiro atoms. The Morgan fingerprint density at radius 1 is 1.10 bits per heavy atom. The summed E-state index contributed by atoms with van der Waals surface area (Å²) in [5.74, 6) is -0.0356. The van der Waals surface area contributed by atoms with Crippen molar-refractivity contribution in [3.05, 3.63) is 65.4 Å². The van der Waals surface area contributed by atoms with Crippen molar-refractivity contribution in [1.82, 2.24) is 24.9 Å². The molecule has 3 heterocycles. The van der Waals surface area contributed by atoms with Gasteiger partial charge in [0, 0.05) is 30.7 Å². The van der Waals surface area contributed by atoms with Crippen molar-refractivity contribution < 1.29 is 9.21 Å². The second kappa shape index (κ2) is 8.03. The predicted molar refractivity (Wildman–Crippen MR) is 118 cm³/mol. The van der Waals surface area contributed by atoms with E-state index in [1.165, 1.54) is 4.80 Å². The van der Waals surface area contributed by atoms with Gasteiger partial charge in [-0.15, -0.1) is 0 Å². The molecule has 8 nitrogen and oxygen atoms in total. The Hall–Kier alpha value is -3.39. The van der Waals surface area contributed by atoms with Gasteiger partial charge in [0.15, 0.2) is 5.58 Å². The number of rotatable bonds is 3. The zero-order chi connectivity index (χ0) is 21.4. The number of fused-ring (bicyclic) bond motifs is 1. The van der Waals surface area contributed by atoms with Crippen molar-refractivity contribution >= 4 is 34.6 Å². The molecule has 1 saturated heterocycles. The Morgan fingerprint density at radius 2 is 1.90 bits per heavy atom. The van der Waals surface area contributed by atoms with Crippen molar-refractivity contribution in [2.24, 2.45) is 0 Å². The normalized spacial score (nSPS) is 17.2. The van der Waals surface area contributed by atoms with Gasteiger partial charge in [-0.3, -0.25) is 4.79 Å². The van der Waals surface area contributed by atoms with E-state index in [0.29, 0.717) is 41.0 Å². The zero-order valence-corrected chi connectivity index (χ0v) is 17.7. The van der Waals surface area contributed by atoms with Crippen molar-refractivity contribution in [1.29, 1.82) is 0 Å². The molecule has 2 aromatic carbocycles. The Labute approximate surface area is 184 Å². The summed E-state index contributed by atoms with van der Waals surface area (Å²) in [5.41, 5.74) is 2.68. The van der Waals surface area contributed by atoms with Crippen LogP contribution >= 0.6 is 11.6 Å². The summed E-state index contributed by atoms with van der Waals surface area (Å²) in [7, 11) is 0. The van der Waals surface area contributed by atoms with Crippen molar-refractivity contribution in [3.63, 3.8) is 0 Å². The Kier molecular flexibility index (Phi) is 5.07. The second-order valence-corrected chi connectivity index (χ2v) is 8.00. The van der Waals surface area contributed by atoms with Crippen LogP contribution in [0.15, 0.2) is 59.3 Å². The van der Waals surface area contributed by atoms with E-state index in [-0.39, 0.29) is 11.9 Å². The third kappa shape index (κ3) is 3.74. The molecule has 0 aliphatic carbocycles. The smallest absolute Gasteiger partial charge is 0.298 e. The lowest BCUT2D eigenvalue weighted by atomic mass is 10.1. The summed E-state index contributed by atoms with van der Waals surface area (Å²) in [4.78, 5) is 23.5. The molecule has 1 atom stereocenters. The highest BCUT2D eigenvalue weighted by Gasteiger charge is 2.29. The minimum absolute atomic E-state index is 0.0356. The van der Waals surface area contributed by atoms with Gasteiger partial charge in [0.2, 0.25) is 0 Å². The summed E-state index contributed by atoms with van der Waals surface area (Å²) in [6.07, 6.45) is 4.00. The number of para-hydroxylation sites is 1. The van der Waals surface area contributed by atoms with E-state index in [9.17, 15) is 4.79 Å². The molecule has 9 heteroatoms. The number of carbonyl (C=O) groups is 1. The number of carbonyl (C=O) groups excluding carboxylic acids is 1. The molecule has 1 aliphatic heterocycles. The molecule has 5 rings (SSSR count). The molecule has 1 fully saturated rings. The average Bonchev–Trinajstić information content (AvgIpc) is 3.41. The molecule has 0 bridgehead atoms. The lowest BCUT2D eigenvalue weighted by Gasteiger charge is -2.27. The Bertz CT molecular complexity index is 1220. The molecule has 1 aliphatic rings. The molecular weight excluding hydrogens is 416 g/mol. The fraction of sp³-hybridized carbons (Fsp3) is 0.273. The lowest BCUT2D eigenvalue weighted by Crippen LogP contribution is -2.40. The van der Waals surface area contributed by atoms with Crippen LogP contribution in [-0.4, -0.2) is 56.5 Å². The van der Waals surface area contributed by atoms with E-state index in [1.54, 1.807) is 24.5 Å². The number of nitrogens with zero attached hydrogens (tertiary/aromatic N) is 6. The van der Waals surface area contributed by atoms with E-state index in [0.717, 1.165) is 18.5 Å². The van der Waals surface area contributed by atoms with Crippen LogP contribution in [0.3, 0.4) is 0 Å². The van der Waals surface area contributed by atoms with Crippen LogP contribution in [0.2, 0.25) is 5.02 Å². The van der Waals surface area contributed by atoms with Gasteiger partial charge in [-0.25, -0.2) is 0 Å². The Morgan fingerprint density at radius 3 is 2.74 bits per heavy atom. The number of halogens is 1. The van der Waals surface area contributed by atoms with Crippen LogP contribution in [0.25, 0.3) is 16.8 Å². The molecule has 1 amide bonds. The van der Waals surface area contributed by atoms with Crippen LogP contribution in [-0.2, 0) is 0 Å². The van der Waals surface area contributed by atoms with Crippen LogP contribution < -0.4 is 4.90 Å². The predicted octanol–water partition coefficient (Wildman–Crippen LogP) is 3.80. The summed E-state index contributed by atoms with van der Waals surface area (Å²) in [5, 5.41) is 9.00. The number of amides is 1. The minimum atomic E-state index is -0.0356. The minimum Gasteiger partial charge on any atom is -0.423 e. The first-order chi connectivity index (χ1) is 15.1. The number of aromatic nitrogens is 4. The fourth-order valence-electron chi connectivity index (χ4n) is 3.90. The topological polar surface area (TPSA) is 80.3 Å². The highest BCUT2D eigenvalue weighted by Crippen LogP contribution is 2.27. The highest BCUT2D eigenvalue weighted by molar-refractivity contribution is 6.31. The second-order valence-electron chi connectivity index (χ2n) is 7.57. The van der Waals surface area contributed by atoms with Crippen molar-refractivity contribution in [2.75, 3.05) is 24.5 Å². The fourth-order valence-corrected chi connectivity index (χ4v) is 4.07. The number of anilines is 1. The first-order valence-corrected chi connectivity index (χ1v) is 10.6. The van der Waals surface area contributed by atoms with Crippen LogP contribution in [0.1, 0.15) is 23.7 Å². The largest absolute Gasteiger partial charge is 0.423 e. The van der Waals surface area contributed by atoms with E-state index in [1.807, 2.05) is 35.2 Å². The first kappa shape index (κ1) is 19.6. The van der Waals surface area contributed by atoms with Gasteiger partial charge < -0.3 is 14.2 Å². The molecule has 158 valence electrons. The zero-order valence-electron chi connectivity index (χ0n) is 17.0. The van der Waals surface area contributed by atoms with Crippen LogP contribution in [0, 0.1) is 0 Å². The molecular formula is C22H21ClN6O2. The molecule has 0 saturated carbocycles. The molecule has 0 N–H and O–H groups in total. The quantitative estimate of drug-likeness (QED) is 0.486. The Balaban J connectivity index is 1.39. The van der Waals surface area contributed by atoms with Gasteiger partial charge in [-0.1, -0.05) is 23.7 Å². The third-order valence-corrected chi connectivity index (χ3v) is 5.83. The van der Waals surface area contributed by atoms with Gasteiger partial charge in [0.25, 0.3) is 11.9 Å². The number of hydrogen-bond donors (Lipinski definition) is 0. The summed E-state index contributed by atoms with van der Waals surface area (Å²) >= 11 is 6.07. The molecule has 4 aromatic rings. The molecule has 31 heavy (non-hydrogen) atoms. The van der Waals surface area contributed by atoms with E-state index < -0.39 is 0 Å². The molecule has 2 aromatic heterocycles. The number of oxazole rings is 1. The van der Waals surface area contributed by atoms with Gasteiger partial charge >= 0.3 is 0 Å². The summed E-state index contributed by atoms with van der Waals surface area (Å²) in [6.45, 7) is 4.00. The maximum absolute atomic E-state index is 13.5. The van der Waals surface area contributed by atoms with Crippen molar-refractivity contribution in [2.45, 2.75) is 19.4 Å². The maximum atomic E-state index is 13.5. The monoisotopic (exact) mass is 436 g/mol. The van der Waals surface area contributed by atoms with Gasteiger partial charge in [0.05, 0.1) is 23.6 Å². The maximum Gasteiger partial charge on any atom is 0.298 e. The molecule has 0 unspecified atom stereocenters. The average molecular weight is 437 g/mol. The summed E-state index contributed by atoms with van der Waals surface area (Å²) in [6, 6.07) is 13.4. The highest BCUT2D eigenvalue weighted by atomic mass is 35.5. The van der Waals surface area contributed by atoms with Crippen LogP contribution in [0.4, 0.5) is 6.01 Å². The van der Waals surface area contributed by atoms with E-state index >= 15 is 0 Å². The molecule has 0 radical (unpaired) electrons. The van der Waals surface area contributed by atoms with E-state index in [4.69, 9.17) is 16.0 Å². The SMILES string of the molecule is C[C@@H]1CCN(c2nc3cc(Cl)ccc3o2)CCN1C(=O)c1ccccc1-n1nccn1. The number of hydrogen-bond acceptors (Lipinski definition) is 6. The third-order valence-electron chi connectivity index (χ3n) is 5.60. The lowest BCUT2D eigenvalue weighted by molar-refractivity contribution is 0.0704. The van der Waals surface area contributed by atoms with Crippen LogP contribution in [0.5, 0.6) is 0 Å².